The maximum absolute atomic E-state index is 11.7. The lowest BCUT2D eigenvalue weighted by Crippen LogP contribution is -2.20. The quantitative estimate of drug-likeness (QED) is 0.837. The molecule has 0 bridgehead atoms. The number of amides is 1. The lowest BCUT2D eigenvalue weighted by atomic mass is 10.2. The summed E-state index contributed by atoms with van der Waals surface area (Å²) in [6.45, 7) is 0.394. The first kappa shape index (κ1) is 14.6. The van der Waals surface area contributed by atoms with Crippen LogP contribution >= 0.6 is 23.2 Å². The molecule has 0 spiro atoms. The summed E-state index contributed by atoms with van der Waals surface area (Å²) in [6.07, 6.45) is 3.14. The van der Waals surface area contributed by atoms with Gasteiger partial charge in [0.25, 0.3) is 0 Å². The van der Waals surface area contributed by atoms with Gasteiger partial charge in [-0.25, -0.2) is 0 Å². The molecule has 20 heavy (non-hydrogen) atoms. The van der Waals surface area contributed by atoms with Crippen molar-refractivity contribution in [3.63, 3.8) is 0 Å². The zero-order chi connectivity index (χ0) is 14.4. The van der Waals surface area contributed by atoms with Crippen LogP contribution in [0.5, 0.6) is 0 Å². The number of carbonyl (C=O) groups is 1. The van der Waals surface area contributed by atoms with Crippen LogP contribution < -0.4 is 5.32 Å². The van der Waals surface area contributed by atoms with Gasteiger partial charge in [0.05, 0.1) is 0 Å². The fourth-order valence-electron chi connectivity index (χ4n) is 1.66. The predicted octanol–water partition coefficient (Wildman–Crippen LogP) is 4.32. The van der Waals surface area contributed by atoms with Crippen LogP contribution in [-0.4, -0.2) is 5.91 Å². The summed E-state index contributed by atoms with van der Waals surface area (Å²) in [4.78, 5) is 11.7. The number of halogens is 2. The van der Waals surface area contributed by atoms with Crippen LogP contribution in [0.1, 0.15) is 11.1 Å². The van der Waals surface area contributed by atoms with E-state index in [1.54, 1.807) is 18.2 Å². The number of nitrogens with one attached hydrogen (secondary N) is 1. The second-order valence-electron chi connectivity index (χ2n) is 4.16. The predicted molar refractivity (Wildman–Crippen MR) is 83.8 cm³/mol. The van der Waals surface area contributed by atoms with Gasteiger partial charge in [-0.2, -0.15) is 0 Å². The lowest BCUT2D eigenvalue weighted by molar-refractivity contribution is -0.116. The monoisotopic (exact) mass is 305 g/mol. The van der Waals surface area contributed by atoms with Gasteiger partial charge in [0, 0.05) is 22.7 Å². The molecule has 1 N–H and O–H groups in total. The largest absolute Gasteiger partial charge is 0.348 e. The first-order valence-electron chi connectivity index (χ1n) is 6.10. The van der Waals surface area contributed by atoms with Crippen LogP contribution in [0.25, 0.3) is 6.08 Å². The van der Waals surface area contributed by atoms with E-state index in [0.717, 1.165) is 11.1 Å². The zero-order valence-electron chi connectivity index (χ0n) is 10.6. The van der Waals surface area contributed by atoms with Crippen LogP contribution in [0, 0.1) is 0 Å². The van der Waals surface area contributed by atoms with Gasteiger partial charge >= 0.3 is 0 Å². The highest BCUT2D eigenvalue weighted by atomic mass is 35.5. The third kappa shape index (κ3) is 4.12. The topological polar surface area (TPSA) is 29.1 Å². The summed E-state index contributed by atoms with van der Waals surface area (Å²) in [7, 11) is 0. The standard InChI is InChI=1S/C16H13Cl2NO/c17-14-7-3-1-5-12(14)9-10-16(20)19-11-13-6-2-4-8-15(13)18/h1-10H,11H2,(H,19,20). The van der Waals surface area contributed by atoms with E-state index in [0.29, 0.717) is 16.6 Å². The van der Waals surface area contributed by atoms with Crippen molar-refractivity contribution < 1.29 is 4.79 Å². The molecule has 0 aliphatic carbocycles. The van der Waals surface area contributed by atoms with Gasteiger partial charge in [0.2, 0.25) is 5.91 Å². The molecular formula is C16H13Cl2NO. The third-order valence-electron chi connectivity index (χ3n) is 2.73. The SMILES string of the molecule is O=C(C=Cc1ccccc1Cl)NCc1ccccc1Cl. The van der Waals surface area contributed by atoms with Gasteiger partial charge in [-0.1, -0.05) is 59.6 Å². The van der Waals surface area contributed by atoms with E-state index < -0.39 is 0 Å². The van der Waals surface area contributed by atoms with Crippen molar-refractivity contribution >= 4 is 35.2 Å². The Morgan fingerprint density at radius 2 is 1.65 bits per heavy atom. The van der Waals surface area contributed by atoms with E-state index in [9.17, 15) is 4.79 Å². The smallest absolute Gasteiger partial charge is 0.244 e. The number of rotatable bonds is 4. The summed E-state index contributed by atoms with van der Waals surface area (Å²) in [6, 6.07) is 14.7. The molecule has 0 fully saturated rings. The maximum atomic E-state index is 11.7. The van der Waals surface area contributed by atoms with Gasteiger partial charge in [-0.05, 0) is 29.3 Å². The second-order valence-corrected chi connectivity index (χ2v) is 4.98. The Labute approximate surface area is 128 Å². The first-order valence-corrected chi connectivity index (χ1v) is 6.86. The maximum Gasteiger partial charge on any atom is 0.244 e. The van der Waals surface area contributed by atoms with Gasteiger partial charge in [0.1, 0.15) is 0 Å². The zero-order valence-corrected chi connectivity index (χ0v) is 12.2. The summed E-state index contributed by atoms with van der Waals surface area (Å²) in [5.74, 6) is -0.190. The van der Waals surface area contributed by atoms with Crippen molar-refractivity contribution in [1.29, 1.82) is 0 Å². The Morgan fingerprint density at radius 1 is 1.00 bits per heavy atom. The highest BCUT2D eigenvalue weighted by molar-refractivity contribution is 6.32. The van der Waals surface area contributed by atoms with E-state index in [4.69, 9.17) is 23.2 Å². The minimum atomic E-state index is -0.190. The highest BCUT2D eigenvalue weighted by Crippen LogP contribution is 2.16. The molecule has 0 heterocycles. The molecule has 0 aromatic heterocycles. The van der Waals surface area contributed by atoms with Crippen molar-refractivity contribution in [1.82, 2.24) is 5.32 Å². The van der Waals surface area contributed by atoms with E-state index in [-0.39, 0.29) is 5.91 Å². The van der Waals surface area contributed by atoms with Crippen molar-refractivity contribution in [3.8, 4) is 0 Å². The van der Waals surface area contributed by atoms with Crippen LogP contribution in [0.15, 0.2) is 54.6 Å². The van der Waals surface area contributed by atoms with Gasteiger partial charge in [-0.15, -0.1) is 0 Å². The van der Waals surface area contributed by atoms with Crippen molar-refractivity contribution in [3.05, 3.63) is 75.8 Å². The first-order chi connectivity index (χ1) is 9.66. The molecule has 2 aromatic rings. The fraction of sp³-hybridized carbons (Fsp3) is 0.0625. The van der Waals surface area contributed by atoms with E-state index >= 15 is 0 Å². The number of carbonyl (C=O) groups excluding carboxylic acids is 1. The Hall–Kier alpha value is -1.77. The molecule has 4 heteroatoms. The molecule has 102 valence electrons. The molecule has 0 radical (unpaired) electrons. The summed E-state index contributed by atoms with van der Waals surface area (Å²) in [5, 5.41) is 4.03. The van der Waals surface area contributed by atoms with Crippen LogP contribution in [0.3, 0.4) is 0 Å². The average molecular weight is 306 g/mol. The summed E-state index contributed by atoms with van der Waals surface area (Å²) in [5.41, 5.74) is 1.69. The Morgan fingerprint density at radius 3 is 2.35 bits per heavy atom. The lowest BCUT2D eigenvalue weighted by Gasteiger charge is -2.04. The summed E-state index contributed by atoms with van der Waals surface area (Å²) < 4.78 is 0. The van der Waals surface area contributed by atoms with Gasteiger partial charge in [-0.3, -0.25) is 4.79 Å². The van der Waals surface area contributed by atoms with E-state index in [1.807, 2.05) is 36.4 Å². The Bertz CT molecular complexity index is 638. The molecule has 0 saturated carbocycles. The number of hydrogen-bond donors (Lipinski definition) is 1. The normalized spacial score (nSPS) is 10.7. The van der Waals surface area contributed by atoms with Gasteiger partial charge in [0.15, 0.2) is 0 Å². The van der Waals surface area contributed by atoms with Crippen molar-refractivity contribution in [2.24, 2.45) is 0 Å². The number of hydrogen-bond acceptors (Lipinski definition) is 1. The van der Waals surface area contributed by atoms with Crippen molar-refractivity contribution in [2.45, 2.75) is 6.54 Å². The van der Waals surface area contributed by atoms with E-state index in [2.05, 4.69) is 5.32 Å². The molecule has 0 unspecified atom stereocenters. The second kappa shape index (κ2) is 7.13. The minimum Gasteiger partial charge on any atom is -0.348 e. The van der Waals surface area contributed by atoms with Crippen LogP contribution in [-0.2, 0) is 11.3 Å². The molecule has 0 aliphatic heterocycles. The van der Waals surface area contributed by atoms with Crippen LogP contribution in [0.2, 0.25) is 10.0 Å². The molecule has 2 rings (SSSR count). The molecular weight excluding hydrogens is 293 g/mol. The Kier molecular flexibility index (Phi) is 5.22. The molecule has 2 aromatic carbocycles. The Balaban J connectivity index is 1.93. The van der Waals surface area contributed by atoms with Gasteiger partial charge < -0.3 is 5.32 Å². The molecule has 2 nitrogen and oxygen atoms in total. The van der Waals surface area contributed by atoms with Crippen LogP contribution in [0.4, 0.5) is 0 Å². The fourth-order valence-corrected chi connectivity index (χ4v) is 2.06. The van der Waals surface area contributed by atoms with Crippen molar-refractivity contribution in [2.75, 3.05) is 0 Å². The molecule has 0 atom stereocenters. The molecule has 0 saturated heterocycles. The molecule has 1 amide bonds. The number of benzene rings is 2. The third-order valence-corrected chi connectivity index (χ3v) is 3.44. The highest BCUT2D eigenvalue weighted by Gasteiger charge is 2.01. The minimum absolute atomic E-state index is 0.190. The average Bonchev–Trinajstić information content (AvgIpc) is 2.45. The molecule has 0 aliphatic rings. The summed E-state index contributed by atoms with van der Waals surface area (Å²) >= 11 is 12.0. The van der Waals surface area contributed by atoms with E-state index in [1.165, 1.54) is 6.08 Å².